The zero-order valence-corrected chi connectivity index (χ0v) is 16.2. The van der Waals surface area contributed by atoms with E-state index in [1.54, 1.807) is 12.3 Å². The first kappa shape index (κ1) is 17.6. The minimum atomic E-state index is -2.84. The summed E-state index contributed by atoms with van der Waals surface area (Å²) in [6.07, 6.45) is 1.76. The van der Waals surface area contributed by atoms with Gasteiger partial charge in [0.25, 0.3) is 0 Å². The third kappa shape index (κ3) is 3.50. The molecule has 0 radical (unpaired) electrons. The Hall–Kier alpha value is -2.44. The molecule has 0 spiro atoms. The zero-order valence-electron chi connectivity index (χ0n) is 15.3. The Morgan fingerprint density at radius 2 is 1.82 bits per heavy atom. The monoisotopic (exact) mass is 396 g/mol. The fourth-order valence-corrected chi connectivity index (χ4v) is 5.29. The lowest BCUT2D eigenvalue weighted by Gasteiger charge is -2.20. The first-order valence-electron chi connectivity index (χ1n) is 9.28. The molecule has 1 aromatic heterocycles. The Morgan fingerprint density at radius 1 is 1.04 bits per heavy atom. The normalized spacial score (nSPS) is 17.0. The molecule has 7 nitrogen and oxygen atoms in total. The lowest BCUT2D eigenvalue weighted by atomic mass is 10.2. The van der Waals surface area contributed by atoms with E-state index in [-0.39, 0.29) is 6.61 Å². The SMILES string of the molecule is Nc1ccc(COP(=O)(N2CC2)N2CC2)cc1Oc1ccc2ncccc2c1. The van der Waals surface area contributed by atoms with Gasteiger partial charge in [-0.2, -0.15) is 0 Å². The largest absolute Gasteiger partial charge is 0.455 e. The summed E-state index contributed by atoms with van der Waals surface area (Å²) in [6, 6.07) is 15.1. The molecular weight excluding hydrogens is 375 g/mol. The van der Waals surface area contributed by atoms with E-state index in [1.165, 1.54) is 0 Å². The van der Waals surface area contributed by atoms with Gasteiger partial charge in [0.1, 0.15) is 5.75 Å². The molecule has 2 saturated heterocycles. The van der Waals surface area contributed by atoms with Crippen LogP contribution in [0.2, 0.25) is 0 Å². The van der Waals surface area contributed by atoms with Crippen molar-refractivity contribution < 1.29 is 13.8 Å². The molecule has 3 aromatic rings. The summed E-state index contributed by atoms with van der Waals surface area (Å²) in [5.41, 5.74) is 8.42. The minimum Gasteiger partial charge on any atom is -0.455 e. The van der Waals surface area contributed by atoms with Crippen LogP contribution in [0.3, 0.4) is 0 Å². The van der Waals surface area contributed by atoms with Crippen LogP contribution >= 0.6 is 7.67 Å². The Bertz CT molecular complexity index is 1070. The number of aromatic nitrogens is 1. The Kier molecular flexibility index (Phi) is 4.33. The van der Waals surface area contributed by atoms with E-state index in [4.69, 9.17) is 15.0 Å². The highest BCUT2D eigenvalue weighted by atomic mass is 31.2. The van der Waals surface area contributed by atoms with E-state index in [0.717, 1.165) is 42.6 Å². The van der Waals surface area contributed by atoms with Crippen molar-refractivity contribution >= 4 is 24.3 Å². The molecule has 3 heterocycles. The maximum absolute atomic E-state index is 13.0. The molecule has 2 N–H and O–H groups in total. The molecule has 0 unspecified atom stereocenters. The molecule has 2 fully saturated rings. The fraction of sp³-hybridized carbons (Fsp3) is 0.250. The number of fused-ring (bicyclic) bond motifs is 1. The van der Waals surface area contributed by atoms with Gasteiger partial charge in [0, 0.05) is 37.8 Å². The summed E-state index contributed by atoms with van der Waals surface area (Å²) in [5, 5.41) is 0.996. The predicted molar refractivity (Wildman–Crippen MR) is 108 cm³/mol. The number of rotatable bonds is 7. The van der Waals surface area contributed by atoms with Crippen LogP contribution in [0, 0.1) is 0 Å². The number of benzene rings is 2. The number of nitrogens with zero attached hydrogens (tertiary/aromatic N) is 3. The van der Waals surface area contributed by atoms with Crippen molar-refractivity contribution in [3.8, 4) is 11.5 Å². The molecule has 5 rings (SSSR count). The zero-order chi connectivity index (χ0) is 19.1. The van der Waals surface area contributed by atoms with Gasteiger partial charge in [0.15, 0.2) is 5.75 Å². The minimum absolute atomic E-state index is 0.253. The lowest BCUT2D eigenvalue weighted by molar-refractivity contribution is 0.263. The van der Waals surface area contributed by atoms with Gasteiger partial charge in [-0.25, -0.2) is 9.34 Å². The molecule has 0 atom stereocenters. The summed E-state index contributed by atoms with van der Waals surface area (Å²) in [6.45, 7) is 3.59. The van der Waals surface area contributed by atoms with Gasteiger partial charge in [0.2, 0.25) is 0 Å². The van der Waals surface area contributed by atoms with E-state index in [9.17, 15) is 4.57 Å². The predicted octanol–water partition coefficient (Wildman–Crippen LogP) is 3.87. The van der Waals surface area contributed by atoms with Crippen molar-refractivity contribution in [2.24, 2.45) is 0 Å². The second kappa shape index (κ2) is 6.87. The third-order valence-corrected chi connectivity index (χ3v) is 7.54. The van der Waals surface area contributed by atoms with Gasteiger partial charge in [0.05, 0.1) is 17.8 Å². The molecule has 144 valence electrons. The lowest BCUT2D eigenvalue weighted by Crippen LogP contribution is -2.08. The molecule has 2 aliphatic rings. The van der Waals surface area contributed by atoms with Gasteiger partial charge in [-0.15, -0.1) is 0 Å². The number of hydrogen-bond donors (Lipinski definition) is 1. The van der Waals surface area contributed by atoms with Crippen molar-refractivity contribution in [3.63, 3.8) is 0 Å². The number of anilines is 1. The highest BCUT2D eigenvalue weighted by Crippen LogP contribution is 2.61. The summed E-state index contributed by atoms with van der Waals surface area (Å²) in [5.74, 6) is 1.24. The number of pyridine rings is 1. The fourth-order valence-electron chi connectivity index (χ4n) is 3.10. The molecule has 2 aliphatic heterocycles. The highest BCUT2D eigenvalue weighted by molar-refractivity contribution is 7.54. The summed E-state index contributed by atoms with van der Waals surface area (Å²) < 4.78 is 28.7. The topological polar surface area (TPSA) is 80.5 Å². The van der Waals surface area contributed by atoms with E-state index in [2.05, 4.69) is 4.98 Å². The Balaban J connectivity index is 1.34. The van der Waals surface area contributed by atoms with Crippen molar-refractivity contribution in [3.05, 3.63) is 60.3 Å². The quantitative estimate of drug-likeness (QED) is 0.369. The van der Waals surface area contributed by atoms with Crippen molar-refractivity contribution in [1.29, 1.82) is 0 Å². The second-order valence-electron chi connectivity index (χ2n) is 7.00. The van der Waals surface area contributed by atoms with Crippen LogP contribution in [0.1, 0.15) is 5.56 Å². The van der Waals surface area contributed by atoms with E-state index in [1.807, 2.05) is 51.8 Å². The molecule has 0 amide bonds. The first-order chi connectivity index (χ1) is 13.6. The first-order valence-corrected chi connectivity index (χ1v) is 10.8. The molecule has 2 aromatic carbocycles. The third-order valence-electron chi connectivity index (χ3n) is 4.84. The smallest absolute Gasteiger partial charge is 0.346 e. The number of hydrogen-bond acceptors (Lipinski definition) is 5. The van der Waals surface area contributed by atoms with Crippen LogP contribution < -0.4 is 10.5 Å². The highest BCUT2D eigenvalue weighted by Gasteiger charge is 2.49. The van der Waals surface area contributed by atoms with Gasteiger partial charge >= 0.3 is 7.67 Å². The van der Waals surface area contributed by atoms with E-state index in [0.29, 0.717) is 17.2 Å². The van der Waals surface area contributed by atoms with Gasteiger partial charge in [-0.05, 0) is 42.0 Å². The second-order valence-corrected chi connectivity index (χ2v) is 9.37. The number of ether oxygens (including phenoxy) is 1. The Labute approximate surface area is 163 Å². The Morgan fingerprint density at radius 3 is 2.57 bits per heavy atom. The van der Waals surface area contributed by atoms with E-state index < -0.39 is 7.67 Å². The molecule has 28 heavy (non-hydrogen) atoms. The maximum Gasteiger partial charge on any atom is 0.346 e. The van der Waals surface area contributed by atoms with Crippen LogP contribution in [-0.2, 0) is 15.7 Å². The molecule has 0 aliphatic carbocycles. The summed E-state index contributed by atoms with van der Waals surface area (Å²) in [7, 11) is -2.84. The van der Waals surface area contributed by atoms with Crippen molar-refractivity contribution in [2.75, 3.05) is 31.9 Å². The average molecular weight is 396 g/mol. The van der Waals surface area contributed by atoms with Crippen molar-refractivity contribution in [1.82, 2.24) is 14.3 Å². The van der Waals surface area contributed by atoms with E-state index >= 15 is 0 Å². The van der Waals surface area contributed by atoms with Crippen LogP contribution in [0.5, 0.6) is 11.5 Å². The number of nitrogens with two attached hydrogens (primary N) is 1. The van der Waals surface area contributed by atoms with Crippen LogP contribution in [0.4, 0.5) is 5.69 Å². The van der Waals surface area contributed by atoms with Gasteiger partial charge in [-0.1, -0.05) is 12.1 Å². The standard InChI is InChI=1S/C20H21N4O3P/c21-18-5-3-15(14-26-28(25,23-8-9-23)24-10-11-24)12-20(18)27-17-4-6-19-16(13-17)2-1-7-22-19/h1-7,12-13H,8-11,14,21H2. The average Bonchev–Trinajstić information content (AvgIpc) is 3.59. The maximum atomic E-state index is 13.0. The molecular formula is C20H21N4O3P. The summed E-state index contributed by atoms with van der Waals surface area (Å²) >= 11 is 0. The van der Waals surface area contributed by atoms with Crippen LogP contribution in [-0.4, -0.2) is 40.5 Å². The van der Waals surface area contributed by atoms with Gasteiger partial charge < -0.3 is 15.0 Å². The summed E-state index contributed by atoms with van der Waals surface area (Å²) in [4.78, 5) is 4.32. The molecule has 0 saturated carbocycles. The van der Waals surface area contributed by atoms with Gasteiger partial charge in [-0.3, -0.25) is 9.55 Å². The number of nitrogen functional groups attached to an aromatic ring is 1. The molecule has 8 heteroatoms. The van der Waals surface area contributed by atoms with Crippen LogP contribution in [0.25, 0.3) is 10.9 Å². The van der Waals surface area contributed by atoms with Crippen molar-refractivity contribution in [2.45, 2.75) is 6.61 Å². The van der Waals surface area contributed by atoms with Crippen LogP contribution in [0.15, 0.2) is 54.7 Å². The molecule has 0 bridgehead atoms.